The Morgan fingerprint density at radius 2 is 1.65 bits per heavy atom. The smallest absolute Gasteiger partial charge is 0.227 e. The summed E-state index contributed by atoms with van der Waals surface area (Å²) in [7, 11) is -1.14. The van der Waals surface area contributed by atoms with Gasteiger partial charge in [0.05, 0.1) is 46.6 Å². The second kappa shape index (κ2) is 7.25. The fourth-order valence-electron chi connectivity index (χ4n) is 5.36. The van der Waals surface area contributed by atoms with Crippen molar-refractivity contribution >= 4 is 40.1 Å². The highest BCUT2D eigenvalue weighted by Gasteiger charge is 2.48. The SMILES string of the molecule is O=[S@]1CN(C2(CO)CCC2)c2nc(N3CC4CN(c5ncc(Cl)cn5)CC4C3)ncc21. The average Bonchev–Trinajstić information content (AvgIpc) is 3.40. The summed E-state index contributed by atoms with van der Waals surface area (Å²) in [4.78, 5) is 25.4. The molecule has 0 aromatic carbocycles. The monoisotopic (exact) mass is 461 g/mol. The van der Waals surface area contributed by atoms with E-state index in [9.17, 15) is 9.32 Å². The molecule has 1 N–H and O–H groups in total. The molecule has 3 fully saturated rings. The molecule has 3 atom stereocenters. The quantitative estimate of drug-likeness (QED) is 0.722. The second-order valence-corrected chi connectivity index (χ2v) is 10.9. The second-order valence-electron chi connectivity index (χ2n) is 9.03. The lowest BCUT2D eigenvalue weighted by Gasteiger charge is -2.47. The highest BCUT2D eigenvalue weighted by molar-refractivity contribution is 7.85. The lowest BCUT2D eigenvalue weighted by atomic mass is 9.76. The van der Waals surface area contributed by atoms with E-state index < -0.39 is 10.8 Å². The molecular weight excluding hydrogens is 438 g/mol. The number of aromatic nitrogens is 4. The van der Waals surface area contributed by atoms with Gasteiger partial charge in [0, 0.05) is 38.0 Å². The predicted molar refractivity (Wildman–Crippen MR) is 118 cm³/mol. The minimum absolute atomic E-state index is 0.0689. The van der Waals surface area contributed by atoms with Gasteiger partial charge in [0.15, 0.2) is 5.82 Å². The normalized spacial score (nSPS) is 28.6. The van der Waals surface area contributed by atoms with Crippen molar-refractivity contribution in [3.8, 4) is 0 Å². The lowest BCUT2D eigenvalue weighted by molar-refractivity contribution is 0.119. The van der Waals surface area contributed by atoms with E-state index in [0.717, 1.165) is 57.2 Å². The molecular formula is C20H24ClN7O2S. The van der Waals surface area contributed by atoms with Crippen molar-refractivity contribution in [1.29, 1.82) is 0 Å². The number of nitrogens with zero attached hydrogens (tertiary/aromatic N) is 7. The first-order valence-corrected chi connectivity index (χ1v) is 12.4. The number of fused-ring (bicyclic) bond motifs is 2. The van der Waals surface area contributed by atoms with Crippen LogP contribution in [-0.2, 0) is 10.8 Å². The standard InChI is InChI=1S/C20H24ClN7O2S/c21-15-4-22-18(23-5-15)26-7-13-9-27(10-14(13)8-26)19-24-6-16-17(25-19)28(12-31(16)30)20(11-29)2-1-3-20/h4-6,13-14,29H,1-3,7-12H2/t13?,14?,31-/m0/s1. The van der Waals surface area contributed by atoms with Gasteiger partial charge in [-0.25, -0.2) is 15.0 Å². The molecule has 1 aliphatic carbocycles. The van der Waals surface area contributed by atoms with Crippen molar-refractivity contribution < 1.29 is 9.32 Å². The molecule has 6 rings (SSSR count). The maximum Gasteiger partial charge on any atom is 0.227 e. The molecule has 2 aromatic rings. The van der Waals surface area contributed by atoms with Gasteiger partial charge in [-0.2, -0.15) is 4.98 Å². The summed E-state index contributed by atoms with van der Waals surface area (Å²) in [5.41, 5.74) is -0.312. The molecule has 11 heteroatoms. The Morgan fingerprint density at radius 1 is 1.03 bits per heavy atom. The summed E-state index contributed by atoms with van der Waals surface area (Å²) < 4.78 is 12.6. The fraction of sp³-hybridized carbons (Fsp3) is 0.600. The number of rotatable bonds is 4. The molecule has 164 valence electrons. The number of aliphatic hydroxyl groups excluding tert-OH is 1. The van der Waals surface area contributed by atoms with Gasteiger partial charge in [0.25, 0.3) is 0 Å². The van der Waals surface area contributed by atoms with Crippen molar-refractivity contribution in [2.24, 2.45) is 11.8 Å². The summed E-state index contributed by atoms with van der Waals surface area (Å²) in [6, 6.07) is 0. The highest BCUT2D eigenvalue weighted by atomic mass is 35.5. The Kier molecular flexibility index (Phi) is 4.59. The first kappa shape index (κ1) is 19.6. The molecule has 3 aliphatic heterocycles. The largest absolute Gasteiger partial charge is 0.394 e. The summed E-state index contributed by atoms with van der Waals surface area (Å²) in [5.74, 6) is 3.56. The third-order valence-corrected chi connectivity index (χ3v) is 8.75. The summed E-state index contributed by atoms with van der Waals surface area (Å²) in [6.07, 6.45) is 7.91. The van der Waals surface area contributed by atoms with Gasteiger partial charge in [-0.05, 0) is 19.3 Å². The molecule has 5 heterocycles. The van der Waals surface area contributed by atoms with Crippen molar-refractivity contribution in [1.82, 2.24) is 19.9 Å². The molecule has 2 saturated heterocycles. The summed E-state index contributed by atoms with van der Waals surface area (Å²) in [6.45, 7) is 3.62. The minimum Gasteiger partial charge on any atom is -0.394 e. The summed E-state index contributed by atoms with van der Waals surface area (Å²) in [5, 5.41) is 10.6. The fourth-order valence-corrected chi connectivity index (χ4v) is 6.75. The van der Waals surface area contributed by atoms with Crippen LogP contribution >= 0.6 is 11.6 Å². The Morgan fingerprint density at radius 3 is 2.23 bits per heavy atom. The first-order valence-electron chi connectivity index (χ1n) is 10.7. The third-order valence-electron chi connectivity index (χ3n) is 7.28. The maximum absolute atomic E-state index is 12.6. The molecule has 4 aliphatic rings. The van der Waals surface area contributed by atoms with Crippen molar-refractivity contribution in [3.63, 3.8) is 0 Å². The third kappa shape index (κ3) is 3.10. The Labute approximate surface area is 187 Å². The van der Waals surface area contributed by atoms with Crippen LogP contribution in [0.1, 0.15) is 19.3 Å². The average molecular weight is 462 g/mol. The minimum atomic E-state index is -1.14. The summed E-state index contributed by atoms with van der Waals surface area (Å²) >= 11 is 5.91. The molecule has 0 bridgehead atoms. The van der Waals surface area contributed by atoms with Crippen LogP contribution in [0.5, 0.6) is 0 Å². The van der Waals surface area contributed by atoms with E-state index >= 15 is 0 Å². The number of anilines is 3. The highest BCUT2D eigenvalue weighted by Crippen LogP contribution is 2.45. The molecule has 0 amide bonds. The zero-order chi connectivity index (χ0) is 21.2. The van der Waals surface area contributed by atoms with Crippen LogP contribution < -0.4 is 14.7 Å². The molecule has 31 heavy (non-hydrogen) atoms. The molecule has 2 aromatic heterocycles. The van der Waals surface area contributed by atoms with Crippen LogP contribution in [0, 0.1) is 11.8 Å². The number of halogens is 1. The Bertz CT molecular complexity index is 1020. The van der Waals surface area contributed by atoms with Gasteiger partial charge in [-0.3, -0.25) is 4.21 Å². The number of aliphatic hydroxyl groups is 1. The van der Waals surface area contributed by atoms with Crippen LogP contribution in [-0.4, -0.2) is 73.5 Å². The van der Waals surface area contributed by atoms with Crippen LogP contribution in [0.15, 0.2) is 23.5 Å². The Balaban J connectivity index is 1.20. The predicted octanol–water partition coefficient (Wildman–Crippen LogP) is 1.29. The molecule has 1 saturated carbocycles. The molecule has 0 radical (unpaired) electrons. The number of hydrogen-bond acceptors (Lipinski definition) is 9. The van der Waals surface area contributed by atoms with Gasteiger partial charge in [-0.1, -0.05) is 11.6 Å². The van der Waals surface area contributed by atoms with E-state index in [1.807, 2.05) is 0 Å². The van der Waals surface area contributed by atoms with E-state index in [0.29, 0.717) is 33.6 Å². The maximum atomic E-state index is 12.6. The molecule has 2 unspecified atom stereocenters. The zero-order valence-electron chi connectivity index (χ0n) is 17.0. The van der Waals surface area contributed by atoms with Crippen LogP contribution in [0.3, 0.4) is 0 Å². The van der Waals surface area contributed by atoms with E-state index in [1.54, 1.807) is 18.6 Å². The van der Waals surface area contributed by atoms with E-state index in [1.165, 1.54) is 0 Å². The lowest BCUT2D eigenvalue weighted by Crippen LogP contribution is -2.56. The van der Waals surface area contributed by atoms with Gasteiger partial charge >= 0.3 is 0 Å². The molecule has 9 nitrogen and oxygen atoms in total. The van der Waals surface area contributed by atoms with Gasteiger partial charge < -0.3 is 19.8 Å². The van der Waals surface area contributed by atoms with Crippen molar-refractivity contribution in [3.05, 3.63) is 23.6 Å². The van der Waals surface area contributed by atoms with E-state index in [-0.39, 0.29) is 12.1 Å². The van der Waals surface area contributed by atoms with Crippen LogP contribution in [0.25, 0.3) is 0 Å². The first-order chi connectivity index (χ1) is 15.1. The van der Waals surface area contributed by atoms with Crippen LogP contribution in [0.2, 0.25) is 5.02 Å². The van der Waals surface area contributed by atoms with E-state index in [4.69, 9.17) is 16.6 Å². The zero-order valence-corrected chi connectivity index (χ0v) is 18.6. The topological polar surface area (TPSA) is 98.6 Å². The van der Waals surface area contributed by atoms with Crippen molar-refractivity contribution in [2.45, 2.75) is 29.7 Å². The number of hydrogen-bond donors (Lipinski definition) is 1. The van der Waals surface area contributed by atoms with Gasteiger partial charge in [0.2, 0.25) is 11.9 Å². The molecule has 0 spiro atoms. The van der Waals surface area contributed by atoms with Crippen molar-refractivity contribution in [2.75, 3.05) is 53.4 Å². The van der Waals surface area contributed by atoms with Crippen LogP contribution in [0.4, 0.5) is 17.7 Å². The van der Waals surface area contributed by atoms with E-state index in [2.05, 4.69) is 29.7 Å². The van der Waals surface area contributed by atoms with Gasteiger partial charge in [0.1, 0.15) is 10.8 Å². The Hall–Kier alpha value is -2.04. The van der Waals surface area contributed by atoms with Gasteiger partial charge in [-0.15, -0.1) is 0 Å².